The number of rotatable bonds is 4. The highest BCUT2D eigenvalue weighted by atomic mass is 16.5. The predicted molar refractivity (Wildman–Crippen MR) is 33.9 cm³/mol. The van der Waals surface area contributed by atoms with Crippen LogP contribution in [0.25, 0.3) is 0 Å². The zero-order valence-corrected chi connectivity index (χ0v) is 5.58. The molecule has 0 amide bonds. The monoisotopic (exact) mass is 133 g/mol. The molecule has 0 aliphatic carbocycles. The van der Waals surface area contributed by atoms with Crippen LogP contribution >= 0.6 is 0 Å². The van der Waals surface area contributed by atoms with Gasteiger partial charge < -0.3 is 14.9 Å². The first-order valence-corrected chi connectivity index (χ1v) is 2.90. The van der Waals surface area contributed by atoms with Crippen molar-refractivity contribution >= 4 is 0 Å². The smallest absolute Gasteiger partial charge is 0.100 e. The van der Waals surface area contributed by atoms with E-state index in [2.05, 4.69) is 6.92 Å². The number of aliphatic hydroxyl groups is 2. The lowest BCUT2D eigenvalue weighted by Crippen LogP contribution is -2.21. The maximum Gasteiger partial charge on any atom is 0.100 e. The first kappa shape index (κ1) is 8.88. The van der Waals surface area contributed by atoms with Crippen LogP contribution < -0.4 is 0 Å². The Balaban J connectivity index is 3.06. The van der Waals surface area contributed by atoms with Crippen LogP contribution in [0.5, 0.6) is 0 Å². The minimum Gasteiger partial charge on any atom is -0.394 e. The van der Waals surface area contributed by atoms with E-state index in [0.717, 1.165) is 0 Å². The fraction of sp³-hybridized carbons (Fsp3) is 0.833. The van der Waals surface area contributed by atoms with Gasteiger partial charge in [0.1, 0.15) is 6.10 Å². The maximum atomic E-state index is 8.70. The highest BCUT2D eigenvalue weighted by Crippen LogP contribution is 1.89. The Kier molecular flexibility index (Phi) is 4.67. The van der Waals surface area contributed by atoms with Gasteiger partial charge in [0.05, 0.1) is 19.3 Å². The largest absolute Gasteiger partial charge is 0.394 e. The van der Waals surface area contributed by atoms with Crippen molar-refractivity contribution in [1.82, 2.24) is 0 Å². The van der Waals surface area contributed by atoms with E-state index in [4.69, 9.17) is 14.9 Å². The van der Waals surface area contributed by atoms with Crippen LogP contribution in [-0.4, -0.2) is 35.6 Å². The summed E-state index contributed by atoms with van der Waals surface area (Å²) in [7, 11) is 0. The molecule has 0 bridgehead atoms. The van der Waals surface area contributed by atoms with Crippen molar-refractivity contribution in [3.8, 4) is 0 Å². The zero-order valence-electron chi connectivity index (χ0n) is 5.58. The van der Waals surface area contributed by atoms with Crippen molar-refractivity contribution in [2.75, 3.05) is 13.2 Å². The molecule has 55 valence electrons. The SMILES string of the molecule is [CH2]C(C)OCC(O)CO. The number of aliphatic hydroxyl groups excluding tert-OH is 2. The van der Waals surface area contributed by atoms with Gasteiger partial charge in [-0.15, -0.1) is 0 Å². The molecule has 2 N–H and O–H groups in total. The second-order valence-electron chi connectivity index (χ2n) is 1.98. The molecule has 0 saturated heterocycles. The molecule has 0 aromatic rings. The second kappa shape index (κ2) is 4.73. The summed E-state index contributed by atoms with van der Waals surface area (Å²) in [5.74, 6) is 0. The van der Waals surface area contributed by atoms with Gasteiger partial charge >= 0.3 is 0 Å². The zero-order chi connectivity index (χ0) is 7.28. The van der Waals surface area contributed by atoms with E-state index in [1.165, 1.54) is 0 Å². The van der Waals surface area contributed by atoms with Crippen LogP contribution in [0.2, 0.25) is 0 Å². The van der Waals surface area contributed by atoms with Crippen LogP contribution in [0.4, 0.5) is 0 Å². The van der Waals surface area contributed by atoms with Gasteiger partial charge in [0.25, 0.3) is 0 Å². The van der Waals surface area contributed by atoms with Crippen molar-refractivity contribution in [1.29, 1.82) is 0 Å². The quantitative estimate of drug-likeness (QED) is 0.547. The van der Waals surface area contributed by atoms with Crippen LogP contribution in [0.15, 0.2) is 0 Å². The standard InChI is InChI=1S/C6H13O3/c1-5(2)9-4-6(8)3-7/h5-8H,1,3-4H2,2H3. The van der Waals surface area contributed by atoms with Crippen molar-refractivity contribution in [3.63, 3.8) is 0 Å². The van der Waals surface area contributed by atoms with Gasteiger partial charge in [-0.2, -0.15) is 0 Å². The van der Waals surface area contributed by atoms with E-state index >= 15 is 0 Å². The summed E-state index contributed by atoms with van der Waals surface area (Å²) in [4.78, 5) is 0. The lowest BCUT2D eigenvalue weighted by molar-refractivity contribution is -0.00949. The fourth-order valence-corrected chi connectivity index (χ4v) is 0.328. The van der Waals surface area contributed by atoms with Crippen molar-refractivity contribution in [2.45, 2.75) is 19.1 Å². The van der Waals surface area contributed by atoms with Gasteiger partial charge in [0.15, 0.2) is 0 Å². The molecule has 0 rings (SSSR count). The summed E-state index contributed by atoms with van der Waals surface area (Å²) in [6, 6.07) is 0. The molecule has 0 spiro atoms. The average molecular weight is 133 g/mol. The van der Waals surface area contributed by atoms with E-state index in [9.17, 15) is 0 Å². The third kappa shape index (κ3) is 5.76. The van der Waals surface area contributed by atoms with E-state index in [1.54, 1.807) is 6.92 Å². The molecule has 0 saturated carbocycles. The Morgan fingerprint density at radius 3 is 2.56 bits per heavy atom. The molecule has 3 heteroatoms. The van der Waals surface area contributed by atoms with Crippen molar-refractivity contribution in [3.05, 3.63) is 6.92 Å². The number of ether oxygens (including phenoxy) is 1. The average Bonchev–Trinajstić information content (AvgIpc) is 1.83. The highest BCUT2D eigenvalue weighted by molar-refractivity contribution is 4.54. The topological polar surface area (TPSA) is 49.7 Å². The number of hydrogen-bond acceptors (Lipinski definition) is 3. The molecule has 0 aromatic heterocycles. The minimum atomic E-state index is -0.769. The molecule has 0 aliphatic rings. The molecule has 1 radical (unpaired) electrons. The van der Waals surface area contributed by atoms with Crippen LogP contribution in [0.1, 0.15) is 6.92 Å². The summed E-state index contributed by atoms with van der Waals surface area (Å²) in [6.45, 7) is 5.19. The van der Waals surface area contributed by atoms with Gasteiger partial charge in [0, 0.05) is 0 Å². The van der Waals surface area contributed by atoms with E-state index in [1.807, 2.05) is 0 Å². The molecule has 0 aliphatic heterocycles. The fourth-order valence-electron chi connectivity index (χ4n) is 0.328. The molecule has 0 heterocycles. The first-order valence-electron chi connectivity index (χ1n) is 2.90. The molecule has 9 heavy (non-hydrogen) atoms. The summed E-state index contributed by atoms with van der Waals surface area (Å²) < 4.78 is 4.87. The summed E-state index contributed by atoms with van der Waals surface area (Å²) in [5, 5.41) is 17.0. The third-order valence-corrected chi connectivity index (χ3v) is 0.784. The molecule has 2 atom stereocenters. The Morgan fingerprint density at radius 1 is 1.67 bits per heavy atom. The van der Waals surface area contributed by atoms with Gasteiger partial charge in [-0.25, -0.2) is 0 Å². The van der Waals surface area contributed by atoms with Crippen LogP contribution in [-0.2, 0) is 4.74 Å². The van der Waals surface area contributed by atoms with Crippen molar-refractivity contribution in [2.24, 2.45) is 0 Å². The van der Waals surface area contributed by atoms with E-state index < -0.39 is 6.10 Å². The van der Waals surface area contributed by atoms with Gasteiger partial charge in [-0.3, -0.25) is 0 Å². The molecule has 0 aromatic carbocycles. The Hall–Kier alpha value is -0.120. The van der Waals surface area contributed by atoms with Crippen LogP contribution in [0.3, 0.4) is 0 Å². The third-order valence-electron chi connectivity index (χ3n) is 0.784. The number of hydrogen-bond donors (Lipinski definition) is 2. The van der Waals surface area contributed by atoms with Gasteiger partial charge in [-0.05, 0) is 13.8 Å². The molecular weight excluding hydrogens is 120 g/mol. The van der Waals surface area contributed by atoms with Gasteiger partial charge in [0.2, 0.25) is 0 Å². The predicted octanol–water partition coefficient (Wildman–Crippen LogP) is -0.421. The summed E-state index contributed by atoms with van der Waals surface area (Å²) in [6.07, 6.45) is -0.902. The molecule has 3 nitrogen and oxygen atoms in total. The summed E-state index contributed by atoms with van der Waals surface area (Å²) >= 11 is 0. The Labute approximate surface area is 55.3 Å². The van der Waals surface area contributed by atoms with Gasteiger partial charge in [-0.1, -0.05) is 0 Å². The van der Waals surface area contributed by atoms with E-state index in [-0.39, 0.29) is 19.3 Å². The molecular formula is C6H13O3. The van der Waals surface area contributed by atoms with Crippen molar-refractivity contribution < 1.29 is 14.9 Å². The minimum absolute atomic E-state index is 0.133. The summed E-state index contributed by atoms with van der Waals surface area (Å²) in [5.41, 5.74) is 0. The highest BCUT2D eigenvalue weighted by Gasteiger charge is 2.01. The maximum absolute atomic E-state index is 8.70. The molecule has 0 fully saturated rings. The Morgan fingerprint density at radius 2 is 2.22 bits per heavy atom. The lowest BCUT2D eigenvalue weighted by atomic mass is 10.4. The lowest BCUT2D eigenvalue weighted by Gasteiger charge is -2.09. The second-order valence-corrected chi connectivity index (χ2v) is 1.98. The molecule has 2 unspecified atom stereocenters. The first-order chi connectivity index (χ1) is 4.16. The Bertz CT molecular complexity index is 63.3. The van der Waals surface area contributed by atoms with Crippen LogP contribution in [0, 0.1) is 6.92 Å². The van der Waals surface area contributed by atoms with E-state index in [0.29, 0.717) is 0 Å². The normalized spacial score (nSPS) is 14.3.